The molecule has 19 heavy (non-hydrogen) atoms. The summed E-state index contributed by atoms with van der Waals surface area (Å²) in [5, 5.41) is 0. The predicted octanol–water partition coefficient (Wildman–Crippen LogP) is 0.636. The molecule has 2 amide bonds. The molecule has 0 radical (unpaired) electrons. The molecule has 0 spiro atoms. The van der Waals surface area contributed by atoms with Crippen LogP contribution < -0.4 is 0 Å². The first-order valence-electron chi connectivity index (χ1n) is 7.41. The molecule has 2 aliphatic heterocycles. The molecule has 3 rings (SSSR count). The summed E-state index contributed by atoms with van der Waals surface area (Å²) in [6.45, 7) is 3.36. The first-order valence-corrected chi connectivity index (χ1v) is 7.41. The molecule has 1 saturated carbocycles. The Morgan fingerprint density at radius 2 is 2.00 bits per heavy atom. The molecule has 1 unspecified atom stereocenters. The van der Waals surface area contributed by atoms with E-state index in [1.54, 1.807) is 4.90 Å². The number of ether oxygens (including phenoxy) is 1. The molecule has 0 aromatic rings. The second-order valence-corrected chi connectivity index (χ2v) is 5.84. The van der Waals surface area contributed by atoms with E-state index in [-0.39, 0.29) is 17.9 Å². The molecule has 3 fully saturated rings. The maximum absolute atomic E-state index is 12.4. The number of amides is 2. The number of hydrogen-bond donors (Lipinski definition) is 0. The quantitative estimate of drug-likeness (QED) is 0.686. The van der Waals surface area contributed by atoms with Crippen molar-refractivity contribution in [1.29, 1.82) is 0 Å². The molecule has 0 N–H and O–H groups in total. The summed E-state index contributed by atoms with van der Waals surface area (Å²) in [6.07, 6.45) is 4.81. The summed E-state index contributed by atoms with van der Waals surface area (Å²) >= 11 is 0. The van der Waals surface area contributed by atoms with Crippen molar-refractivity contribution in [1.82, 2.24) is 9.80 Å². The Kier molecular flexibility index (Phi) is 3.73. The van der Waals surface area contributed by atoms with E-state index in [2.05, 4.69) is 0 Å². The van der Waals surface area contributed by atoms with Gasteiger partial charge in [-0.2, -0.15) is 0 Å². The molecular formula is C14H22N2O3. The third-order valence-corrected chi connectivity index (χ3v) is 4.32. The van der Waals surface area contributed by atoms with E-state index in [0.29, 0.717) is 26.1 Å². The van der Waals surface area contributed by atoms with Crippen LogP contribution in [0.1, 0.15) is 32.1 Å². The third-order valence-electron chi connectivity index (χ3n) is 4.32. The molecule has 1 atom stereocenters. The van der Waals surface area contributed by atoms with Crippen LogP contribution in [0.25, 0.3) is 0 Å². The molecular weight excluding hydrogens is 244 g/mol. The molecule has 0 bridgehead atoms. The van der Waals surface area contributed by atoms with Crippen molar-refractivity contribution in [3.05, 3.63) is 0 Å². The van der Waals surface area contributed by atoms with Crippen molar-refractivity contribution in [3.8, 4) is 0 Å². The number of carbonyl (C=O) groups is 2. The minimum Gasteiger partial charge on any atom is -0.379 e. The number of nitrogens with zero attached hydrogens (tertiary/aromatic N) is 2. The Morgan fingerprint density at radius 3 is 2.79 bits per heavy atom. The minimum atomic E-state index is -0.196. The van der Waals surface area contributed by atoms with E-state index in [1.165, 1.54) is 12.8 Å². The highest BCUT2D eigenvalue weighted by Gasteiger charge is 2.38. The minimum absolute atomic E-state index is 0.123. The van der Waals surface area contributed by atoms with Gasteiger partial charge in [-0.05, 0) is 31.6 Å². The molecule has 5 nitrogen and oxygen atoms in total. The smallest absolute Gasteiger partial charge is 0.245 e. The van der Waals surface area contributed by atoms with Crippen molar-refractivity contribution in [3.63, 3.8) is 0 Å². The number of rotatable bonds is 5. The summed E-state index contributed by atoms with van der Waals surface area (Å²) in [5.41, 5.74) is 0. The van der Waals surface area contributed by atoms with Crippen LogP contribution in [0.2, 0.25) is 0 Å². The number of carbonyl (C=O) groups excluding carboxylic acids is 2. The molecule has 2 saturated heterocycles. The van der Waals surface area contributed by atoms with E-state index in [9.17, 15) is 9.59 Å². The monoisotopic (exact) mass is 266 g/mol. The van der Waals surface area contributed by atoms with Crippen LogP contribution in [0.5, 0.6) is 0 Å². The van der Waals surface area contributed by atoms with Gasteiger partial charge in [0.15, 0.2) is 0 Å². The Hall–Kier alpha value is -1.10. The lowest BCUT2D eigenvalue weighted by Gasteiger charge is -2.25. The summed E-state index contributed by atoms with van der Waals surface area (Å²) in [6, 6.07) is -0.196. The van der Waals surface area contributed by atoms with Gasteiger partial charge in [-0.1, -0.05) is 0 Å². The van der Waals surface area contributed by atoms with Gasteiger partial charge in [-0.3, -0.25) is 9.59 Å². The van der Waals surface area contributed by atoms with Crippen LogP contribution in [-0.4, -0.2) is 60.5 Å². The van der Waals surface area contributed by atoms with Crippen LogP contribution in [0, 0.1) is 5.92 Å². The van der Waals surface area contributed by atoms with Crippen molar-refractivity contribution >= 4 is 11.8 Å². The Bertz CT molecular complexity index is 368. The van der Waals surface area contributed by atoms with E-state index >= 15 is 0 Å². The fraction of sp³-hybridized carbons (Fsp3) is 0.857. The number of fused-ring (bicyclic) bond motifs is 1. The van der Waals surface area contributed by atoms with Gasteiger partial charge < -0.3 is 14.5 Å². The highest BCUT2D eigenvalue weighted by atomic mass is 16.5. The molecule has 0 aromatic carbocycles. The Labute approximate surface area is 113 Å². The van der Waals surface area contributed by atoms with Gasteiger partial charge >= 0.3 is 0 Å². The third kappa shape index (κ3) is 2.91. The normalized spacial score (nSPS) is 27.7. The van der Waals surface area contributed by atoms with E-state index in [4.69, 9.17) is 4.74 Å². The zero-order chi connectivity index (χ0) is 13.2. The van der Waals surface area contributed by atoms with Crippen LogP contribution >= 0.6 is 0 Å². The summed E-state index contributed by atoms with van der Waals surface area (Å²) < 4.78 is 5.60. The lowest BCUT2D eigenvalue weighted by molar-refractivity contribution is -0.139. The first-order chi connectivity index (χ1) is 9.25. The van der Waals surface area contributed by atoms with Crippen molar-refractivity contribution < 1.29 is 14.3 Å². The summed E-state index contributed by atoms with van der Waals surface area (Å²) in [7, 11) is 0. The van der Waals surface area contributed by atoms with E-state index in [0.717, 1.165) is 31.9 Å². The standard InChI is InChI=1S/C14H22N2O3/c17-13-5-7-15(8-9-19-10-11-3-4-11)14(18)12-2-1-6-16(12)13/h11-12H,1-10H2. The van der Waals surface area contributed by atoms with Gasteiger partial charge in [0.25, 0.3) is 0 Å². The maximum atomic E-state index is 12.4. The highest BCUT2D eigenvalue weighted by Crippen LogP contribution is 2.28. The van der Waals surface area contributed by atoms with Crippen LogP contribution in [0.4, 0.5) is 0 Å². The second kappa shape index (κ2) is 5.49. The SMILES string of the molecule is O=C1C2CCCN2C(=O)CCN1CCOCC1CC1. The van der Waals surface area contributed by atoms with Gasteiger partial charge in [0, 0.05) is 32.7 Å². The lowest BCUT2D eigenvalue weighted by Crippen LogP contribution is -2.44. The zero-order valence-corrected chi connectivity index (χ0v) is 11.3. The summed E-state index contributed by atoms with van der Waals surface area (Å²) in [5.74, 6) is 1.02. The average molecular weight is 266 g/mol. The molecule has 2 heterocycles. The van der Waals surface area contributed by atoms with Crippen molar-refractivity contribution in [2.75, 3.05) is 32.8 Å². The summed E-state index contributed by atoms with van der Waals surface area (Å²) in [4.78, 5) is 27.9. The lowest BCUT2D eigenvalue weighted by atomic mass is 10.2. The van der Waals surface area contributed by atoms with E-state index < -0.39 is 0 Å². The maximum Gasteiger partial charge on any atom is 0.245 e. The molecule has 106 valence electrons. The van der Waals surface area contributed by atoms with Gasteiger partial charge in [-0.15, -0.1) is 0 Å². The molecule has 5 heteroatoms. The topological polar surface area (TPSA) is 49.9 Å². The average Bonchev–Trinajstić information content (AvgIpc) is 3.12. The zero-order valence-electron chi connectivity index (χ0n) is 11.3. The van der Waals surface area contributed by atoms with Crippen molar-refractivity contribution in [2.24, 2.45) is 5.92 Å². The van der Waals surface area contributed by atoms with Crippen LogP contribution in [0.15, 0.2) is 0 Å². The highest BCUT2D eigenvalue weighted by molar-refractivity contribution is 5.90. The van der Waals surface area contributed by atoms with Crippen LogP contribution in [-0.2, 0) is 14.3 Å². The largest absolute Gasteiger partial charge is 0.379 e. The first kappa shape index (κ1) is 12.9. The fourth-order valence-corrected chi connectivity index (χ4v) is 2.95. The van der Waals surface area contributed by atoms with Gasteiger partial charge in [0.05, 0.1) is 6.61 Å². The number of hydrogen-bond acceptors (Lipinski definition) is 3. The van der Waals surface area contributed by atoms with Gasteiger partial charge in [0.2, 0.25) is 11.8 Å². The Balaban J connectivity index is 1.51. The fourth-order valence-electron chi connectivity index (χ4n) is 2.95. The predicted molar refractivity (Wildman–Crippen MR) is 69.5 cm³/mol. The van der Waals surface area contributed by atoms with Crippen LogP contribution in [0.3, 0.4) is 0 Å². The van der Waals surface area contributed by atoms with E-state index in [1.807, 2.05) is 4.90 Å². The Morgan fingerprint density at radius 1 is 1.16 bits per heavy atom. The van der Waals surface area contributed by atoms with Gasteiger partial charge in [0.1, 0.15) is 6.04 Å². The second-order valence-electron chi connectivity index (χ2n) is 5.84. The molecule has 3 aliphatic rings. The molecule has 0 aromatic heterocycles. The molecule has 1 aliphatic carbocycles. The van der Waals surface area contributed by atoms with Crippen molar-refractivity contribution in [2.45, 2.75) is 38.1 Å². The van der Waals surface area contributed by atoms with Gasteiger partial charge in [-0.25, -0.2) is 0 Å².